The predicted octanol–water partition coefficient (Wildman–Crippen LogP) is 3.24. The lowest BCUT2D eigenvalue weighted by molar-refractivity contribution is -0.116. The number of nitrogens with zero attached hydrogens (tertiary/aromatic N) is 2. The van der Waals surface area contributed by atoms with E-state index in [0.717, 1.165) is 24.5 Å². The number of carbonyl (C=O) groups excluding carboxylic acids is 1. The molecule has 1 aromatic heterocycles. The molecule has 1 aromatic carbocycles. The normalized spacial score (nSPS) is 14.8. The summed E-state index contributed by atoms with van der Waals surface area (Å²) in [6.07, 6.45) is 7.80. The maximum Gasteiger partial charge on any atom is 0.224 e. The molecule has 5 heteroatoms. The van der Waals surface area contributed by atoms with Crippen molar-refractivity contribution in [2.45, 2.75) is 32.1 Å². The van der Waals surface area contributed by atoms with Crippen LogP contribution in [-0.4, -0.2) is 24.0 Å². The molecule has 1 aliphatic rings. The van der Waals surface area contributed by atoms with Crippen LogP contribution in [0.3, 0.4) is 0 Å². The molecule has 1 fully saturated rings. The summed E-state index contributed by atoms with van der Waals surface area (Å²) in [4.78, 5) is 18.3. The van der Waals surface area contributed by atoms with Crippen molar-refractivity contribution < 1.29 is 9.21 Å². The summed E-state index contributed by atoms with van der Waals surface area (Å²) in [5, 5.41) is 2.92. The fourth-order valence-electron chi connectivity index (χ4n) is 2.73. The van der Waals surface area contributed by atoms with Crippen LogP contribution >= 0.6 is 0 Å². The van der Waals surface area contributed by atoms with Crippen LogP contribution in [0.15, 0.2) is 41.3 Å². The minimum Gasteiger partial charge on any atom is -0.451 e. The molecule has 2 aromatic rings. The van der Waals surface area contributed by atoms with Crippen molar-refractivity contribution >= 4 is 17.3 Å². The van der Waals surface area contributed by atoms with Crippen molar-refractivity contribution in [1.29, 1.82) is 0 Å². The number of benzene rings is 1. The van der Waals surface area contributed by atoms with E-state index in [-0.39, 0.29) is 5.91 Å². The van der Waals surface area contributed by atoms with Gasteiger partial charge in [-0.15, -0.1) is 0 Å². The van der Waals surface area contributed by atoms with Gasteiger partial charge in [0.1, 0.15) is 6.26 Å². The number of hydrogen-bond donors (Lipinski definition) is 1. The highest BCUT2D eigenvalue weighted by Gasteiger charge is 2.11. The number of hydrogen-bond acceptors (Lipinski definition) is 4. The zero-order valence-electron chi connectivity index (χ0n) is 12.6. The van der Waals surface area contributed by atoms with Crippen molar-refractivity contribution in [3.8, 4) is 0 Å². The molecule has 1 saturated heterocycles. The Morgan fingerprint density at radius 2 is 1.95 bits per heavy atom. The summed E-state index contributed by atoms with van der Waals surface area (Å²) in [5.41, 5.74) is 2.88. The molecule has 116 valence electrons. The van der Waals surface area contributed by atoms with Crippen LogP contribution in [0.4, 0.5) is 11.4 Å². The predicted molar refractivity (Wildman–Crippen MR) is 86.0 cm³/mol. The fraction of sp³-hybridized carbons (Fsp3) is 0.412. The summed E-state index contributed by atoms with van der Waals surface area (Å²) >= 11 is 0. The monoisotopic (exact) mass is 299 g/mol. The Morgan fingerprint density at radius 1 is 1.18 bits per heavy atom. The Balaban J connectivity index is 1.50. The number of aryl methyl sites for hydroxylation is 1. The van der Waals surface area contributed by atoms with E-state index in [1.54, 1.807) is 6.26 Å². The van der Waals surface area contributed by atoms with Crippen LogP contribution in [0.5, 0.6) is 0 Å². The minimum absolute atomic E-state index is 0.00581. The first-order valence-electron chi connectivity index (χ1n) is 7.83. The standard InChI is InChI=1S/C17H21N3O2/c21-17(9-6-15-12-22-13-18-15)19-14-4-7-16(8-5-14)20-10-2-1-3-11-20/h4-5,7-8,12-13H,1-3,6,9-11H2,(H,19,21). The maximum atomic E-state index is 11.9. The second-order valence-corrected chi connectivity index (χ2v) is 5.62. The highest BCUT2D eigenvalue weighted by Crippen LogP contribution is 2.21. The van der Waals surface area contributed by atoms with E-state index in [1.165, 1.54) is 31.3 Å². The number of anilines is 2. The van der Waals surface area contributed by atoms with E-state index in [0.29, 0.717) is 12.8 Å². The molecule has 0 radical (unpaired) electrons. The molecule has 1 N–H and O–H groups in total. The zero-order valence-corrected chi connectivity index (χ0v) is 12.6. The second kappa shape index (κ2) is 7.11. The topological polar surface area (TPSA) is 58.4 Å². The maximum absolute atomic E-state index is 11.9. The SMILES string of the molecule is O=C(CCc1cocn1)Nc1ccc(N2CCCCC2)cc1. The summed E-state index contributed by atoms with van der Waals surface area (Å²) < 4.78 is 4.89. The van der Waals surface area contributed by atoms with Gasteiger partial charge < -0.3 is 14.6 Å². The van der Waals surface area contributed by atoms with E-state index in [9.17, 15) is 4.79 Å². The number of carbonyl (C=O) groups is 1. The first-order chi connectivity index (χ1) is 10.8. The van der Waals surface area contributed by atoms with Gasteiger partial charge in [-0.05, 0) is 43.5 Å². The van der Waals surface area contributed by atoms with Gasteiger partial charge in [-0.3, -0.25) is 4.79 Å². The summed E-state index contributed by atoms with van der Waals surface area (Å²) in [7, 11) is 0. The lowest BCUT2D eigenvalue weighted by Crippen LogP contribution is -2.29. The lowest BCUT2D eigenvalue weighted by Gasteiger charge is -2.28. The Labute approximate surface area is 130 Å². The second-order valence-electron chi connectivity index (χ2n) is 5.62. The van der Waals surface area contributed by atoms with Crippen LogP contribution in [0.2, 0.25) is 0 Å². The molecule has 0 bridgehead atoms. The third kappa shape index (κ3) is 3.87. The third-order valence-corrected chi connectivity index (χ3v) is 3.96. The highest BCUT2D eigenvalue weighted by molar-refractivity contribution is 5.91. The van der Waals surface area contributed by atoms with E-state index in [2.05, 4.69) is 27.3 Å². The van der Waals surface area contributed by atoms with E-state index in [1.807, 2.05) is 12.1 Å². The number of rotatable bonds is 5. The number of oxazole rings is 1. The Kier molecular flexibility index (Phi) is 4.73. The van der Waals surface area contributed by atoms with Gasteiger partial charge in [0.05, 0.1) is 5.69 Å². The fourth-order valence-corrected chi connectivity index (χ4v) is 2.73. The van der Waals surface area contributed by atoms with Crippen molar-refractivity contribution in [3.05, 3.63) is 42.6 Å². The van der Waals surface area contributed by atoms with Crippen molar-refractivity contribution in [2.75, 3.05) is 23.3 Å². The van der Waals surface area contributed by atoms with E-state index < -0.39 is 0 Å². The van der Waals surface area contributed by atoms with Gasteiger partial charge in [-0.1, -0.05) is 0 Å². The summed E-state index contributed by atoms with van der Waals surface area (Å²) in [6.45, 7) is 2.26. The number of aromatic nitrogens is 1. The average molecular weight is 299 g/mol. The van der Waals surface area contributed by atoms with Crippen LogP contribution in [0.1, 0.15) is 31.4 Å². The van der Waals surface area contributed by atoms with Gasteiger partial charge in [0.25, 0.3) is 0 Å². The van der Waals surface area contributed by atoms with Gasteiger partial charge in [-0.25, -0.2) is 4.98 Å². The third-order valence-electron chi connectivity index (χ3n) is 3.96. The average Bonchev–Trinajstić information content (AvgIpc) is 3.08. The number of piperidine rings is 1. The number of amides is 1. The molecule has 3 rings (SSSR count). The van der Waals surface area contributed by atoms with Gasteiger partial charge in [-0.2, -0.15) is 0 Å². The molecule has 0 atom stereocenters. The quantitative estimate of drug-likeness (QED) is 0.921. The molecular formula is C17H21N3O2. The van der Waals surface area contributed by atoms with Crippen molar-refractivity contribution in [2.24, 2.45) is 0 Å². The Morgan fingerprint density at radius 3 is 2.64 bits per heavy atom. The van der Waals surface area contributed by atoms with Crippen molar-refractivity contribution in [3.63, 3.8) is 0 Å². The first kappa shape index (κ1) is 14.6. The first-order valence-corrected chi connectivity index (χ1v) is 7.83. The molecule has 0 spiro atoms. The minimum atomic E-state index is -0.00581. The van der Waals surface area contributed by atoms with Crippen LogP contribution < -0.4 is 10.2 Å². The van der Waals surface area contributed by atoms with Crippen LogP contribution in [0, 0.1) is 0 Å². The molecule has 0 unspecified atom stereocenters. The molecule has 0 aliphatic carbocycles. The molecule has 2 heterocycles. The summed E-state index contributed by atoms with van der Waals surface area (Å²) in [6, 6.07) is 8.10. The molecule has 0 saturated carbocycles. The lowest BCUT2D eigenvalue weighted by atomic mass is 10.1. The van der Waals surface area contributed by atoms with Crippen molar-refractivity contribution in [1.82, 2.24) is 4.98 Å². The van der Waals surface area contributed by atoms with Crippen LogP contribution in [0.25, 0.3) is 0 Å². The molecule has 5 nitrogen and oxygen atoms in total. The summed E-state index contributed by atoms with van der Waals surface area (Å²) in [5.74, 6) is -0.00581. The Bertz CT molecular complexity index is 587. The van der Waals surface area contributed by atoms with Gasteiger partial charge in [0, 0.05) is 37.3 Å². The van der Waals surface area contributed by atoms with Gasteiger partial charge >= 0.3 is 0 Å². The molecule has 1 amide bonds. The Hall–Kier alpha value is -2.30. The number of nitrogens with one attached hydrogen (secondary N) is 1. The van der Waals surface area contributed by atoms with Crippen LogP contribution in [-0.2, 0) is 11.2 Å². The molecular weight excluding hydrogens is 278 g/mol. The zero-order chi connectivity index (χ0) is 15.2. The molecule has 22 heavy (non-hydrogen) atoms. The molecule has 1 aliphatic heterocycles. The largest absolute Gasteiger partial charge is 0.451 e. The van der Waals surface area contributed by atoms with E-state index >= 15 is 0 Å². The van der Waals surface area contributed by atoms with E-state index in [4.69, 9.17) is 4.42 Å². The smallest absolute Gasteiger partial charge is 0.224 e. The highest BCUT2D eigenvalue weighted by atomic mass is 16.3. The van der Waals surface area contributed by atoms with Gasteiger partial charge in [0.2, 0.25) is 5.91 Å². The van der Waals surface area contributed by atoms with Gasteiger partial charge in [0.15, 0.2) is 6.39 Å².